The highest BCUT2D eigenvalue weighted by Crippen LogP contribution is 2.30. The fourth-order valence-electron chi connectivity index (χ4n) is 3.10. The third-order valence-corrected chi connectivity index (χ3v) is 4.51. The van der Waals surface area contributed by atoms with E-state index in [2.05, 4.69) is 32.2 Å². The number of rotatable bonds is 2. The Morgan fingerprint density at radius 2 is 1.71 bits per heavy atom. The van der Waals surface area contributed by atoms with E-state index in [0.717, 1.165) is 11.3 Å². The van der Waals surface area contributed by atoms with E-state index in [9.17, 15) is 9.59 Å². The summed E-state index contributed by atoms with van der Waals surface area (Å²) in [6.07, 6.45) is 1.42. The van der Waals surface area contributed by atoms with Crippen LogP contribution in [0.5, 0.6) is 0 Å². The first-order valence-corrected chi connectivity index (χ1v) is 8.56. The van der Waals surface area contributed by atoms with Crippen LogP contribution in [0, 0.1) is 5.92 Å². The van der Waals surface area contributed by atoms with Crippen LogP contribution in [-0.2, 0) is 10.2 Å². The van der Waals surface area contributed by atoms with Crippen molar-refractivity contribution in [1.82, 2.24) is 9.80 Å². The molecule has 0 spiro atoms. The molecule has 0 radical (unpaired) electrons. The third kappa shape index (κ3) is 4.28. The second kappa shape index (κ2) is 7.24. The quantitative estimate of drug-likeness (QED) is 0.904. The first-order chi connectivity index (χ1) is 11.2. The fraction of sp³-hybridized carbons (Fsp3) is 0.579. The van der Waals surface area contributed by atoms with Crippen molar-refractivity contribution < 1.29 is 9.59 Å². The Bertz CT molecular complexity index is 597. The SMILES string of the molecule is CN(C)C(=O)N1CCC(C(=O)Nc2ccccc2C(C)(C)C)CC1. The van der Waals surface area contributed by atoms with Gasteiger partial charge >= 0.3 is 6.03 Å². The number of urea groups is 1. The van der Waals surface area contributed by atoms with Crippen LogP contribution in [0.4, 0.5) is 10.5 Å². The Balaban J connectivity index is 1.99. The van der Waals surface area contributed by atoms with Gasteiger partial charge in [-0.15, -0.1) is 0 Å². The van der Waals surface area contributed by atoms with Gasteiger partial charge in [0, 0.05) is 38.8 Å². The van der Waals surface area contributed by atoms with Gasteiger partial charge in [0.05, 0.1) is 0 Å². The molecule has 1 saturated heterocycles. The summed E-state index contributed by atoms with van der Waals surface area (Å²) >= 11 is 0. The molecule has 1 N–H and O–H groups in total. The van der Waals surface area contributed by atoms with Crippen LogP contribution >= 0.6 is 0 Å². The summed E-state index contributed by atoms with van der Waals surface area (Å²) in [6, 6.07) is 7.99. The maximum absolute atomic E-state index is 12.6. The van der Waals surface area contributed by atoms with E-state index < -0.39 is 0 Å². The zero-order chi connectivity index (χ0) is 17.9. The molecule has 1 aromatic rings. The molecule has 0 aliphatic carbocycles. The number of amides is 3. The molecule has 5 nitrogen and oxygen atoms in total. The first kappa shape index (κ1) is 18.3. The van der Waals surface area contributed by atoms with Crippen molar-refractivity contribution >= 4 is 17.6 Å². The molecule has 24 heavy (non-hydrogen) atoms. The summed E-state index contributed by atoms with van der Waals surface area (Å²) < 4.78 is 0. The fourth-order valence-corrected chi connectivity index (χ4v) is 3.10. The minimum Gasteiger partial charge on any atom is -0.331 e. The highest BCUT2D eigenvalue weighted by molar-refractivity contribution is 5.93. The number of nitrogens with one attached hydrogen (secondary N) is 1. The number of nitrogens with zero attached hydrogens (tertiary/aromatic N) is 2. The second-order valence-corrected chi connectivity index (χ2v) is 7.72. The number of para-hydroxylation sites is 1. The van der Waals surface area contributed by atoms with E-state index in [1.54, 1.807) is 19.0 Å². The van der Waals surface area contributed by atoms with Crippen LogP contribution in [0.2, 0.25) is 0 Å². The number of piperidine rings is 1. The molecule has 1 heterocycles. The molecular weight excluding hydrogens is 302 g/mol. The predicted octanol–water partition coefficient (Wildman–Crippen LogP) is 3.32. The largest absolute Gasteiger partial charge is 0.331 e. The lowest BCUT2D eigenvalue weighted by Gasteiger charge is -2.33. The monoisotopic (exact) mass is 331 g/mol. The van der Waals surface area contributed by atoms with Gasteiger partial charge in [-0.25, -0.2) is 4.79 Å². The van der Waals surface area contributed by atoms with Gasteiger partial charge < -0.3 is 15.1 Å². The van der Waals surface area contributed by atoms with Crippen LogP contribution < -0.4 is 5.32 Å². The van der Waals surface area contributed by atoms with Gasteiger partial charge in [0.1, 0.15) is 0 Å². The molecule has 1 aliphatic heterocycles. The summed E-state index contributed by atoms with van der Waals surface area (Å²) in [4.78, 5) is 28.0. The zero-order valence-corrected chi connectivity index (χ0v) is 15.4. The van der Waals surface area contributed by atoms with Crippen molar-refractivity contribution in [1.29, 1.82) is 0 Å². The van der Waals surface area contributed by atoms with Crippen molar-refractivity contribution in [2.24, 2.45) is 5.92 Å². The Kier molecular flexibility index (Phi) is 5.52. The predicted molar refractivity (Wildman–Crippen MR) is 97.2 cm³/mol. The van der Waals surface area contributed by atoms with Crippen molar-refractivity contribution in [2.45, 2.75) is 39.0 Å². The molecule has 0 aromatic heterocycles. The molecule has 1 aliphatic rings. The minimum atomic E-state index is -0.0377. The zero-order valence-electron chi connectivity index (χ0n) is 15.4. The van der Waals surface area contributed by atoms with Gasteiger partial charge in [-0.2, -0.15) is 0 Å². The van der Waals surface area contributed by atoms with Gasteiger partial charge in [-0.3, -0.25) is 4.79 Å². The van der Waals surface area contributed by atoms with Crippen LogP contribution in [0.3, 0.4) is 0 Å². The third-order valence-electron chi connectivity index (χ3n) is 4.51. The standard InChI is InChI=1S/C19H29N3O2/c1-19(2,3)15-8-6-7-9-16(15)20-17(23)14-10-12-22(13-11-14)18(24)21(4)5/h6-9,14H,10-13H2,1-5H3,(H,20,23). The number of carbonyl (C=O) groups excluding carboxylic acids is 2. The van der Waals surface area contributed by atoms with Crippen molar-refractivity contribution in [3.8, 4) is 0 Å². The maximum atomic E-state index is 12.6. The second-order valence-electron chi connectivity index (χ2n) is 7.72. The summed E-state index contributed by atoms with van der Waals surface area (Å²) in [5, 5.41) is 3.10. The van der Waals surface area contributed by atoms with Gasteiger partial charge in [0.2, 0.25) is 5.91 Å². The average molecular weight is 331 g/mol. The number of benzene rings is 1. The molecule has 0 unspecified atom stereocenters. The molecule has 0 bridgehead atoms. The van der Waals surface area contributed by atoms with E-state index in [1.165, 1.54) is 0 Å². The number of hydrogen-bond donors (Lipinski definition) is 1. The van der Waals surface area contributed by atoms with Crippen LogP contribution in [-0.4, -0.2) is 48.9 Å². The number of anilines is 1. The summed E-state index contributed by atoms with van der Waals surface area (Å²) in [5.74, 6) is 0.0212. The Morgan fingerprint density at radius 3 is 2.25 bits per heavy atom. The number of hydrogen-bond acceptors (Lipinski definition) is 2. The normalized spacial score (nSPS) is 16.0. The topological polar surface area (TPSA) is 52.7 Å². The van der Waals surface area contributed by atoms with Crippen LogP contribution in [0.25, 0.3) is 0 Å². The summed E-state index contributed by atoms with van der Waals surface area (Å²) in [7, 11) is 3.51. The highest BCUT2D eigenvalue weighted by Gasteiger charge is 2.28. The Labute approximate surface area is 145 Å². The molecule has 0 atom stereocenters. The summed E-state index contributed by atoms with van der Waals surface area (Å²) in [5.41, 5.74) is 2.01. The molecule has 1 aromatic carbocycles. The first-order valence-electron chi connectivity index (χ1n) is 8.56. The molecule has 132 valence electrons. The van der Waals surface area contributed by atoms with E-state index in [1.807, 2.05) is 23.1 Å². The number of likely N-dealkylation sites (tertiary alicyclic amines) is 1. The molecule has 5 heteroatoms. The van der Waals surface area contributed by atoms with Gasteiger partial charge in [0.15, 0.2) is 0 Å². The summed E-state index contributed by atoms with van der Waals surface area (Å²) in [6.45, 7) is 7.70. The van der Waals surface area contributed by atoms with Gasteiger partial charge in [-0.05, 0) is 29.9 Å². The van der Waals surface area contributed by atoms with Gasteiger partial charge in [0.25, 0.3) is 0 Å². The van der Waals surface area contributed by atoms with Crippen LogP contribution in [0.1, 0.15) is 39.2 Å². The maximum Gasteiger partial charge on any atom is 0.319 e. The van der Waals surface area contributed by atoms with E-state index in [0.29, 0.717) is 25.9 Å². The lowest BCUT2D eigenvalue weighted by Crippen LogP contribution is -2.45. The van der Waals surface area contributed by atoms with Crippen molar-refractivity contribution in [2.75, 3.05) is 32.5 Å². The molecule has 3 amide bonds. The molecule has 0 saturated carbocycles. The van der Waals surface area contributed by atoms with E-state index in [4.69, 9.17) is 0 Å². The molecular formula is C19H29N3O2. The highest BCUT2D eigenvalue weighted by atomic mass is 16.2. The van der Waals surface area contributed by atoms with Crippen LogP contribution in [0.15, 0.2) is 24.3 Å². The lowest BCUT2D eigenvalue weighted by molar-refractivity contribution is -0.121. The van der Waals surface area contributed by atoms with Crippen molar-refractivity contribution in [3.63, 3.8) is 0 Å². The van der Waals surface area contributed by atoms with E-state index in [-0.39, 0.29) is 23.3 Å². The van der Waals surface area contributed by atoms with E-state index >= 15 is 0 Å². The Morgan fingerprint density at radius 1 is 1.12 bits per heavy atom. The Hall–Kier alpha value is -2.04. The van der Waals surface area contributed by atoms with Gasteiger partial charge in [-0.1, -0.05) is 39.0 Å². The average Bonchev–Trinajstić information content (AvgIpc) is 2.53. The number of carbonyl (C=O) groups is 2. The molecule has 2 rings (SSSR count). The smallest absolute Gasteiger partial charge is 0.319 e. The van der Waals surface area contributed by atoms with Crippen molar-refractivity contribution in [3.05, 3.63) is 29.8 Å². The minimum absolute atomic E-state index is 0.0203. The molecule has 1 fully saturated rings. The lowest BCUT2D eigenvalue weighted by atomic mass is 9.85.